The predicted octanol–water partition coefficient (Wildman–Crippen LogP) is 2.63. The monoisotopic (exact) mass is 425 g/mol. The first-order valence-electron chi connectivity index (χ1n) is 10.2. The Balaban J connectivity index is 1.51. The van der Waals surface area contributed by atoms with Crippen molar-refractivity contribution in [3.63, 3.8) is 0 Å². The third-order valence-corrected chi connectivity index (χ3v) is 6.26. The second-order valence-corrected chi connectivity index (χ2v) is 8.39. The van der Waals surface area contributed by atoms with Crippen LogP contribution >= 0.6 is 11.6 Å². The summed E-state index contributed by atoms with van der Waals surface area (Å²) >= 11 is 5.92. The van der Waals surface area contributed by atoms with Crippen LogP contribution in [0.5, 0.6) is 0 Å². The Morgan fingerprint density at radius 1 is 1.00 bits per heavy atom. The molecule has 0 radical (unpaired) electrons. The standard InChI is InChI=1S/C23H24ClN3O3/c24-19-9-7-15(8-10-19)22(29)26-11-3-6-18(13-26)23(30)27-14-17-5-2-1-4-16(17)12-20(27)21(25)28/h1-2,4-5,7-10,18,20H,3,6,11-14H2,(H2,25,28)/t18-,20-/m1/s1. The van der Waals surface area contributed by atoms with Crippen molar-refractivity contribution in [2.45, 2.75) is 31.8 Å². The van der Waals surface area contributed by atoms with Gasteiger partial charge in [-0.15, -0.1) is 0 Å². The van der Waals surface area contributed by atoms with Crippen LogP contribution in [0.4, 0.5) is 0 Å². The predicted molar refractivity (Wildman–Crippen MR) is 114 cm³/mol. The molecule has 3 amide bonds. The normalized spacial score (nSPS) is 21.1. The molecular formula is C23H24ClN3O3. The molecule has 2 atom stereocenters. The maximum Gasteiger partial charge on any atom is 0.253 e. The Bertz CT molecular complexity index is 976. The highest BCUT2D eigenvalue weighted by molar-refractivity contribution is 6.30. The van der Waals surface area contributed by atoms with Gasteiger partial charge < -0.3 is 15.5 Å². The molecule has 2 heterocycles. The number of nitrogens with two attached hydrogens (primary N) is 1. The van der Waals surface area contributed by atoms with Crippen LogP contribution in [-0.4, -0.2) is 46.7 Å². The van der Waals surface area contributed by atoms with Crippen molar-refractivity contribution in [1.29, 1.82) is 0 Å². The molecule has 4 rings (SSSR count). The largest absolute Gasteiger partial charge is 0.368 e. The molecule has 156 valence electrons. The fourth-order valence-corrected chi connectivity index (χ4v) is 4.51. The Kier molecular flexibility index (Phi) is 5.77. The van der Waals surface area contributed by atoms with Crippen LogP contribution < -0.4 is 5.73 Å². The molecule has 0 bridgehead atoms. The molecule has 0 saturated carbocycles. The molecule has 7 heteroatoms. The molecule has 0 aliphatic carbocycles. The molecular weight excluding hydrogens is 402 g/mol. The highest BCUT2D eigenvalue weighted by atomic mass is 35.5. The van der Waals surface area contributed by atoms with E-state index in [1.807, 2.05) is 24.3 Å². The number of nitrogens with zero attached hydrogens (tertiary/aromatic N) is 2. The minimum atomic E-state index is -0.658. The van der Waals surface area contributed by atoms with Gasteiger partial charge in [-0.25, -0.2) is 0 Å². The summed E-state index contributed by atoms with van der Waals surface area (Å²) < 4.78 is 0. The molecule has 0 unspecified atom stereocenters. The van der Waals surface area contributed by atoms with Gasteiger partial charge in [-0.3, -0.25) is 14.4 Å². The Morgan fingerprint density at radius 3 is 2.40 bits per heavy atom. The van der Waals surface area contributed by atoms with E-state index in [1.165, 1.54) is 0 Å². The minimum Gasteiger partial charge on any atom is -0.368 e. The summed E-state index contributed by atoms with van der Waals surface area (Å²) in [5.41, 5.74) is 8.27. The Labute approximate surface area is 180 Å². The average Bonchev–Trinajstić information content (AvgIpc) is 2.77. The van der Waals surface area contributed by atoms with Gasteiger partial charge in [0.2, 0.25) is 11.8 Å². The zero-order valence-corrected chi connectivity index (χ0v) is 17.3. The lowest BCUT2D eigenvalue weighted by atomic mass is 9.90. The average molecular weight is 426 g/mol. The van der Waals surface area contributed by atoms with Gasteiger partial charge in [0.25, 0.3) is 5.91 Å². The van der Waals surface area contributed by atoms with Crippen molar-refractivity contribution < 1.29 is 14.4 Å². The van der Waals surface area contributed by atoms with E-state index in [1.54, 1.807) is 34.1 Å². The number of amides is 3. The smallest absolute Gasteiger partial charge is 0.253 e. The summed E-state index contributed by atoms with van der Waals surface area (Å²) in [4.78, 5) is 41.7. The number of hydrogen-bond donors (Lipinski definition) is 1. The third kappa shape index (κ3) is 4.05. The third-order valence-electron chi connectivity index (χ3n) is 6.01. The lowest BCUT2D eigenvalue weighted by molar-refractivity contribution is -0.145. The second-order valence-electron chi connectivity index (χ2n) is 7.95. The molecule has 2 aliphatic rings. The summed E-state index contributed by atoms with van der Waals surface area (Å²) in [6.07, 6.45) is 1.85. The van der Waals surface area contributed by atoms with Crippen LogP contribution in [-0.2, 0) is 22.6 Å². The van der Waals surface area contributed by atoms with Gasteiger partial charge in [-0.2, -0.15) is 0 Å². The van der Waals surface area contributed by atoms with Crippen LogP contribution in [0.25, 0.3) is 0 Å². The van der Waals surface area contributed by atoms with Gasteiger partial charge in [0, 0.05) is 36.6 Å². The molecule has 2 N–H and O–H groups in total. The Morgan fingerprint density at radius 2 is 1.70 bits per heavy atom. The van der Waals surface area contributed by atoms with E-state index in [2.05, 4.69) is 0 Å². The van der Waals surface area contributed by atoms with Gasteiger partial charge in [0.1, 0.15) is 6.04 Å². The number of fused-ring (bicyclic) bond motifs is 1. The molecule has 1 saturated heterocycles. The maximum atomic E-state index is 13.4. The quantitative estimate of drug-likeness (QED) is 0.820. The number of carbonyl (C=O) groups is 3. The number of benzene rings is 2. The first-order chi connectivity index (χ1) is 14.4. The van der Waals surface area contributed by atoms with Crippen LogP contribution in [0.2, 0.25) is 5.02 Å². The van der Waals surface area contributed by atoms with Gasteiger partial charge in [-0.1, -0.05) is 35.9 Å². The summed E-state index contributed by atoms with van der Waals surface area (Å²) in [7, 11) is 0. The number of halogens is 1. The van der Waals surface area contributed by atoms with Gasteiger partial charge in [-0.05, 0) is 48.2 Å². The van der Waals surface area contributed by atoms with Crippen LogP contribution in [0.1, 0.15) is 34.3 Å². The van der Waals surface area contributed by atoms with Crippen LogP contribution in [0.3, 0.4) is 0 Å². The lowest BCUT2D eigenvalue weighted by Crippen LogP contribution is -2.55. The molecule has 0 aromatic heterocycles. The van der Waals surface area contributed by atoms with Gasteiger partial charge in [0.15, 0.2) is 0 Å². The molecule has 2 aliphatic heterocycles. The van der Waals surface area contributed by atoms with Crippen molar-refractivity contribution >= 4 is 29.3 Å². The molecule has 1 fully saturated rings. The fourth-order valence-electron chi connectivity index (χ4n) is 4.38. The van der Waals surface area contributed by atoms with Crippen LogP contribution in [0.15, 0.2) is 48.5 Å². The lowest BCUT2D eigenvalue weighted by Gasteiger charge is -2.40. The van der Waals surface area contributed by atoms with Crippen molar-refractivity contribution in [3.8, 4) is 0 Å². The number of primary amides is 1. The highest BCUT2D eigenvalue weighted by Crippen LogP contribution is 2.28. The summed E-state index contributed by atoms with van der Waals surface area (Å²) in [6, 6.07) is 13.9. The minimum absolute atomic E-state index is 0.109. The van der Waals surface area contributed by atoms with E-state index >= 15 is 0 Å². The first-order valence-corrected chi connectivity index (χ1v) is 10.5. The van der Waals surface area contributed by atoms with Crippen molar-refractivity contribution in [2.24, 2.45) is 11.7 Å². The highest BCUT2D eigenvalue weighted by Gasteiger charge is 2.38. The molecule has 2 aromatic carbocycles. The number of piperidine rings is 1. The first kappa shape index (κ1) is 20.4. The van der Waals surface area contributed by atoms with E-state index in [0.717, 1.165) is 17.5 Å². The SMILES string of the molecule is NC(=O)[C@H]1Cc2ccccc2CN1C(=O)[C@@H]1CCCN(C(=O)c2ccc(Cl)cc2)C1. The van der Waals surface area contributed by atoms with E-state index < -0.39 is 11.9 Å². The zero-order valence-electron chi connectivity index (χ0n) is 16.6. The molecule has 30 heavy (non-hydrogen) atoms. The fraction of sp³-hybridized carbons (Fsp3) is 0.348. The number of rotatable bonds is 3. The van der Waals surface area contributed by atoms with E-state index in [-0.39, 0.29) is 17.7 Å². The summed E-state index contributed by atoms with van der Waals surface area (Å²) in [6.45, 7) is 1.31. The van der Waals surface area contributed by atoms with Crippen LogP contribution in [0, 0.1) is 5.92 Å². The van der Waals surface area contributed by atoms with E-state index in [9.17, 15) is 14.4 Å². The van der Waals surface area contributed by atoms with Gasteiger partial charge >= 0.3 is 0 Å². The number of likely N-dealkylation sites (tertiary alicyclic amines) is 1. The summed E-state index contributed by atoms with van der Waals surface area (Å²) in [5, 5.41) is 0.570. The second kappa shape index (κ2) is 8.48. The maximum absolute atomic E-state index is 13.4. The molecule has 2 aromatic rings. The van der Waals surface area contributed by atoms with Crippen molar-refractivity contribution in [3.05, 3.63) is 70.2 Å². The topological polar surface area (TPSA) is 83.7 Å². The van der Waals surface area contributed by atoms with E-state index in [4.69, 9.17) is 17.3 Å². The Hall–Kier alpha value is -2.86. The van der Waals surface area contributed by atoms with Crippen molar-refractivity contribution in [1.82, 2.24) is 9.80 Å². The zero-order chi connectivity index (χ0) is 21.3. The number of hydrogen-bond acceptors (Lipinski definition) is 3. The van der Waals surface area contributed by atoms with E-state index in [0.29, 0.717) is 43.1 Å². The van der Waals surface area contributed by atoms with Gasteiger partial charge in [0.05, 0.1) is 5.92 Å². The molecule has 6 nitrogen and oxygen atoms in total. The summed E-state index contributed by atoms with van der Waals surface area (Å²) in [5.74, 6) is -1.06. The number of carbonyl (C=O) groups excluding carboxylic acids is 3. The molecule has 0 spiro atoms. The van der Waals surface area contributed by atoms with Crippen molar-refractivity contribution in [2.75, 3.05) is 13.1 Å².